The monoisotopic (exact) mass is 273 g/mol. The first-order valence-electron chi connectivity index (χ1n) is 6.64. The van der Waals surface area contributed by atoms with Crippen LogP contribution >= 0.6 is 0 Å². The summed E-state index contributed by atoms with van der Waals surface area (Å²) in [5.74, 6) is 0. The predicted octanol–water partition coefficient (Wildman–Crippen LogP) is 3.99. The van der Waals surface area contributed by atoms with Crippen LogP contribution in [0.5, 0.6) is 0 Å². The maximum absolute atomic E-state index is 11.0. The van der Waals surface area contributed by atoms with Gasteiger partial charge >= 0.3 is 0 Å². The molecule has 5 heteroatoms. The number of pyridine rings is 1. The summed E-state index contributed by atoms with van der Waals surface area (Å²) in [6.45, 7) is 7.38. The van der Waals surface area contributed by atoms with Crippen molar-refractivity contribution in [1.29, 1.82) is 0 Å². The van der Waals surface area contributed by atoms with Gasteiger partial charge in [-0.25, -0.2) is 4.98 Å². The fraction of sp³-hybridized carbons (Fsp3) is 0.400. The standard InChI is InChI=1S/C15H19N3O2/c1-15(2,3)8-10-16-12-6-7-13(18(19)20)14-11(12)5-4-9-17-14/h4-7,9,16H,8,10H2,1-3H3. The Morgan fingerprint density at radius 2 is 2.05 bits per heavy atom. The van der Waals surface area contributed by atoms with E-state index in [1.54, 1.807) is 18.3 Å². The first-order valence-corrected chi connectivity index (χ1v) is 6.64. The molecule has 0 saturated carbocycles. The number of nitrogens with one attached hydrogen (secondary N) is 1. The van der Waals surface area contributed by atoms with E-state index in [1.165, 1.54) is 6.07 Å². The molecule has 0 fully saturated rings. The quantitative estimate of drug-likeness (QED) is 0.675. The summed E-state index contributed by atoms with van der Waals surface area (Å²) in [7, 11) is 0. The van der Waals surface area contributed by atoms with Crippen molar-refractivity contribution in [3.63, 3.8) is 0 Å². The molecule has 0 atom stereocenters. The van der Waals surface area contributed by atoms with E-state index in [1.807, 2.05) is 6.07 Å². The van der Waals surface area contributed by atoms with E-state index in [2.05, 4.69) is 31.1 Å². The van der Waals surface area contributed by atoms with Crippen LogP contribution in [0.4, 0.5) is 11.4 Å². The lowest BCUT2D eigenvalue weighted by Crippen LogP contribution is -2.13. The molecule has 0 radical (unpaired) electrons. The van der Waals surface area contributed by atoms with Gasteiger partial charge in [-0.1, -0.05) is 20.8 Å². The highest BCUT2D eigenvalue weighted by atomic mass is 16.6. The molecule has 0 aliphatic rings. The predicted molar refractivity (Wildman–Crippen MR) is 81.0 cm³/mol. The number of hydrogen-bond donors (Lipinski definition) is 1. The number of anilines is 1. The van der Waals surface area contributed by atoms with Gasteiger partial charge in [-0.2, -0.15) is 0 Å². The number of hydrogen-bond acceptors (Lipinski definition) is 4. The first-order chi connectivity index (χ1) is 9.38. The first kappa shape index (κ1) is 14.2. The van der Waals surface area contributed by atoms with Crippen molar-refractivity contribution in [2.75, 3.05) is 11.9 Å². The Kier molecular flexibility index (Phi) is 3.88. The number of benzene rings is 1. The summed E-state index contributed by atoms with van der Waals surface area (Å²) in [5, 5.41) is 15.2. The van der Waals surface area contributed by atoms with Crippen LogP contribution in [0, 0.1) is 15.5 Å². The van der Waals surface area contributed by atoms with Gasteiger partial charge in [-0.05, 0) is 30.0 Å². The van der Waals surface area contributed by atoms with Crippen LogP contribution in [0.3, 0.4) is 0 Å². The second kappa shape index (κ2) is 5.45. The average Bonchev–Trinajstić information content (AvgIpc) is 2.37. The molecule has 5 nitrogen and oxygen atoms in total. The summed E-state index contributed by atoms with van der Waals surface area (Å²) < 4.78 is 0. The van der Waals surface area contributed by atoms with E-state index in [0.29, 0.717) is 5.52 Å². The third kappa shape index (κ3) is 3.23. The van der Waals surface area contributed by atoms with E-state index in [9.17, 15) is 10.1 Å². The second-order valence-corrected chi connectivity index (χ2v) is 6.03. The molecule has 2 rings (SSSR count). The highest BCUT2D eigenvalue weighted by Gasteiger charge is 2.15. The Bertz CT molecular complexity index is 633. The lowest BCUT2D eigenvalue weighted by atomic mass is 9.92. The van der Waals surface area contributed by atoms with Crippen molar-refractivity contribution in [2.24, 2.45) is 5.41 Å². The molecule has 0 bridgehead atoms. The van der Waals surface area contributed by atoms with Gasteiger partial charge < -0.3 is 5.32 Å². The molecule has 0 aliphatic carbocycles. The number of nitrogens with zero attached hydrogens (tertiary/aromatic N) is 2. The number of nitro groups is 1. The van der Waals surface area contributed by atoms with E-state index in [4.69, 9.17) is 0 Å². The Morgan fingerprint density at radius 1 is 1.30 bits per heavy atom. The normalized spacial score (nSPS) is 11.6. The van der Waals surface area contributed by atoms with Crippen LogP contribution < -0.4 is 5.32 Å². The van der Waals surface area contributed by atoms with Gasteiger partial charge in [-0.3, -0.25) is 10.1 Å². The highest BCUT2D eigenvalue weighted by molar-refractivity contribution is 5.96. The number of nitro benzene ring substituents is 1. The summed E-state index contributed by atoms with van der Waals surface area (Å²) in [6.07, 6.45) is 2.60. The van der Waals surface area contributed by atoms with E-state index in [0.717, 1.165) is 24.0 Å². The third-order valence-electron chi connectivity index (χ3n) is 3.14. The minimum absolute atomic E-state index is 0.0435. The highest BCUT2D eigenvalue weighted by Crippen LogP contribution is 2.30. The summed E-state index contributed by atoms with van der Waals surface area (Å²) in [5.41, 5.74) is 1.62. The number of aromatic nitrogens is 1. The molecule has 1 aromatic heterocycles. The van der Waals surface area contributed by atoms with Gasteiger partial charge in [0.2, 0.25) is 0 Å². The molecule has 0 saturated heterocycles. The van der Waals surface area contributed by atoms with Crippen LogP contribution in [0.1, 0.15) is 27.2 Å². The van der Waals surface area contributed by atoms with E-state index in [-0.39, 0.29) is 11.1 Å². The second-order valence-electron chi connectivity index (χ2n) is 6.03. The summed E-state index contributed by atoms with van der Waals surface area (Å²) in [6, 6.07) is 6.91. The molecule has 0 unspecified atom stereocenters. The lowest BCUT2D eigenvalue weighted by molar-refractivity contribution is -0.383. The number of fused-ring (bicyclic) bond motifs is 1. The Balaban J connectivity index is 2.31. The van der Waals surface area contributed by atoms with Crippen LogP contribution in [0.2, 0.25) is 0 Å². The largest absolute Gasteiger partial charge is 0.384 e. The molecule has 0 spiro atoms. The minimum atomic E-state index is -0.395. The maximum atomic E-state index is 11.0. The molecular formula is C15H19N3O2. The van der Waals surface area contributed by atoms with Gasteiger partial charge in [0, 0.05) is 29.9 Å². The average molecular weight is 273 g/mol. The number of rotatable bonds is 4. The van der Waals surface area contributed by atoms with Gasteiger partial charge in [0.05, 0.1) is 4.92 Å². The molecule has 1 N–H and O–H groups in total. The van der Waals surface area contributed by atoms with Gasteiger partial charge in [0.25, 0.3) is 5.69 Å². The molecule has 1 heterocycles. The van der Waals surface area contributed by atoms with Crippen LogP contribution in [-0.2, 0) is 0 Å². The molecule has 0 amide bonds. The fourth-order valence-corrected chi connectivity index (χ4v) is 2.03. The summed E-state index contributed by atoms with van der Waals surface area (Å²) in [4.78, 5) is 14.8. The Labute approximate surface area is 118 Å². The van der Waals surface area contributed by atoms with E-state index < -0.39 is 4.92 Å². The van der Waals surface area contributed by atoms with Crippen LogP contribution in [0.15, 0.2) is 30.5 Å². The summed E-state index contributed by atoms with van der Waals surface area (Å²) >= 11 is 0. The van der Waals surface area contributed by atoms with Crippen LogP contribution in [0.25, 0.3) is 10.9 Å². The Hall–Kier alpha value is -2.17. The van der Waals surface area contributed by atoms with Crippen molar-refractivity contribution >= 4 is 22.3 Å². The van der Waals surface area contributed by atoms with Crippen molar-refractivity contribution in [2.45, 2.75) is 27.2 Å². The number of non-ortho nitro benzene ring substituents is 1. The van der Waals surface area contributed by atoms with Crippen molar-refractivity contribution < 1.29 is 4.92 Å². The topological polar surface area (TPSA) is 68.1 Å². The van der Waals surface area contributed by atoms with Gasteiger partial charge in [-0.15, -0.1) is 0 Å². The molecule has 20 heavy (non-hydrogen) atoms. The smallest absolute Gasteiger partial charge is 0.295 e. The van der Waals surface area contributed by atoms with Crippen molar-refractivity contribution in [3.8, 4) is 0 Å². The maximum Gasteiger partial charge on any atom is 0.295 e. The molecule has 0 aliphatic heterocycles. The molecule has 1 aromatic carbocycles. The lowest BCUT2D eigenvalue weighted by Gasteiger charge is -2.19. The zero-order valence-corrected chi connectivity index (χ0v) is 12.0. The fourth-order valence-electron chi connectivity index (χ4n) is 2.03. The SMILES string of the molecule is CC(C)(C)CCNc1ccc([N+](=O)[O-])c2ncccc12. The molecule has 106 valence electrons. The van der Waals surface area contributed by atoms with Crippen molar-refractivity contribution in [1.82, 2.24) is 4.98 Å². The zero-order valence-electron chi connectivity index (χ0n) is 12.0. The van der Waals surface area contributed by atoms with Gasteiger partial charge in [0.1, 0.15) is 5.52 Å². The molecular weight excluding hydrogens is 254 g/mol. The Morgan fingerprint density at radius 3 is 2.70 bits per heavy atom. The third-order valence-corrected chi connectivity index (χ3v) is 3.14. The van der Waals surface area contributed by atoms with Crippen LogP contribution in [-0.4, -0.2) is 16.5 Å². The zero-order chi connectivity index (χ0) is 14.8. The van der Waals surface area contributed by atoms with Crippen molar-refractivity contribution in [3.05, 3.63) is 40.6 Å². The van der Waals surface area contributed by atoms with Gasteiger partial charge in [0.15, 0.2) is 0 Å². The molecule has 2 aromatic rings. The van der Waals surface area contributed by atoms with E-state index >= 15 is 0 Å². The minimum Gasteiger partial charge on any atom is -0.384 e.